The molecule has 0 amide bonds. The fourth-order valence-electron chi connectivity index (χ4n) is 2.06. The van der Waals surface area contributed by atoms with Gasteiger partial charge in [-0.1, -0.05) is 6.92 Å². The molecule has 0 spiro atoms. The molecule has 1 aliphatic heterocycles. The number of hydrogen-bond donors (Lipinski definition) is 3. The van der Waals surface area contributed by atoms with Crippen molar-refractivity contribution in [3.05, 3.63) is 11.9 Å². The second kappa shape index (κ2) is 6.00. The Morgan fingerprint density at radius 2 is 2.22 bits per heavy atom. The molecule has 5 heteroatoms. The zero-order chi connectivity index (χ0) is 13.0. The van der Waals surface area contributed by atoms with Gasteiger partial charge in [-0.15, -0.1) is 0 Å². The van der Waals surface area contributed by atoms with Crippen molar-refractivity contribution in [2.24, 2.45) is 0 Å². The van der Waals surface area contributed by atoms with Crippen molar-refractivity contribution in [1.82, 2.24) is 15.3 Å². The molecule has 0 bridgehead atoms. The van der Waals surface area contributed by atoms with E-state index in [1.165, 1.54) is 0 Å². The Balaban J connectivity index is 2.05. The molecular weight excluding hydrogens is 226 g/mol. The summed E-state index contributed by atoms with van der Waals surface area (Å²) < 4.78 is 0. The van der Waals surface area contributed by atoms with E-state index in [1.807, 2.05) is 13.0 Å². The molecule has 18 heavy (non-hydrogen) atoms. The molecule has 1 saturated heterocycles. The predicted molar refractivity (Wildman–Crippen MR) is 75.0 cm³/mol. The van der Waals surface area contributed by atoms with Gasteiger partial charge in [0.15, 0.2) is 0 Å². The highest BCUT2D eigenvalue weighted by Crippen LogP contribution is 2.15. The number of anilines is 2. The number of rotatable bonds is 5. The lowest BCUT2D eigenvalue weighted by atomic mass is 10.2. The summed E-state index contributed by atoms with van der Waals surface area (Å²) in [5.74, 6) is 2.63. The molecule has 1 aromatic rings. The average molecular weight is 249 g/mol. The Bertz CT molecular complexity index is 387. The maximum Gasteiger partial charge on any atom is 0.132 e. The quantitative estimate of drug-likeness (QED) is 0.742. The molecule has 0 aliphatic carbocycles. The zero-order valence-corrected chi connectivity index (χ0v) is 11.5. The lowest BCUT2D eigenvalue weighted by Gasteiger charge is -2.16. The summed E-state index contributed by atoms with van der Waals surface area (Å²) in [7, 11) is 0. The number of nitrogens with one attached hydrogen (secondary N) is 3. The number of aryl methyl sites for hydroxylation is 1. The SMILES string of the molecule is CCC(C)Nc1cc(NC2CCNC2)nc(C)n1. The minimum Gasteiger partial charge on any atom is -0.367 e. The minimum absolute atomic E-state index is 0.431. The van der Waals surface area contributed by atoms with Crippen LogP contribution in [-0.4, -0.2) is 35.1 Å². The molecule has 1 fully saturated rings. The van der Waals surface area contributed by atoms with Crippen LogP contribution in [0.2, 0.25) is 0 Å². The Kier molecular flexibility index (Phi) is 4.36. The van der Waals surface area contributed by atoms with E-state index in [2.05, 4.69) is 39.8 Å². The van der Waals surface area contributed by atoms with Crippen LogP contribution in [0.1, 0.15) is 32.5 Å². The molecule has 1 aromatic heterocycles. The second-order valence-corrected chi connectivity index (χ2v) is 4.97. The lowest BCUT2D eigenvalue weighted by Crippen LogP contribution is -2.23. The smallest absolute Gasteiger partial charge is 0.132 e. The topological polar surface area (TPSA) is 61.9 Å². The summed E-state index contributed by atoms with van der Waals surface area (Å²) in [6, 6.07) is 2.91. The van der Waals surface area contributed by atoms with Crippen molar-refractivity contribution < 1.29 is 0 Å². The van der Waals surface area contributed by atoms with Crippen LogP contribution in [-0.2, 0) is 0 Å². The predicted octanol–water partition coefficient (Wildman–Crippen LogP) is 1.77. The minimum atomic E-state index is 0.431. The summed E-state index contributed by atoms with van der Waals surface area (Å²) in [5, 5.41) is 10.2. The monoisotopic (exact) mass is 249 g/mol. The molecule has 2 heterocycles. The molecule has 2 unspecified atom stereocenters. The first-order valence-electron chi connectivity index (χ1n) is 6.77. The van der Waals surface area contributed by atoms with Crippen LogP contribution in [0.4, 0.5) is 11.6 Å². The van der Waals surface area contributed by atoms with Gasteiger partial charge in [-0.3, -0.25) is 0 Å². The van der Waals surface area contributed by atoms with Crippen LogP contribution in [0.3, 0.4) is 0 Å². The van der Waals surface area contributed by atoms with Gasteiger partial charge in [0, 0.05) is 24.7 Å². The van der Waals surface area contributed by atoms with Gasteiger partial charge in [-0.05, 0) is 33.2 Å². The first-order valence-corrected chi connectivity index (χ1v) is 6.77. The van der Waals surface area contributed by atoms with E-state index in [0.29, 0.717) is 12.1 Å². The number of nitrogens with zero attached hydrogens (tertiary/aromatic N) is 2. The van der Waals surface area contributed by atoms with Crippen LogP contribution < -0.4 is 16.0 Å². The Morgan fingerprint density at radius 1 is 1.44 bits per heavy atom. The molecule has 2 atom stereocenters. The van der Waals surface area contributed by atoms with Gasteiger partial charge in [-0.2, -0.15) is 0 Å². The highest BCUT2D eigenvalue weighted by molar-refractivity contribution is 5.48. The van der Waals surface area contributed by atoms with Gasteiger partial charge in [0.05, 0.1) is 0 Å². The van der Waals surface area contributed by atoms with E-state index >= 15 is 0 Å². The molecular formula is C13H23N5. The molecule has 5 nitrogen and oxygen atoms in total. The summed E-state index contributed by atoms with van der Waals surface area (Å²) in [4.78, 5) is 8.86. The van der Waals surface area contributed by atoms with Crippen molar-refractivity contribution >= 4 is 11.6 Å². The second-order valence-electron chi connectivity index (χ2n) is 4.97. The van der Waals surface area contributed by atoms with Gasteiger partial charge in [0.25, 0.3) is 0 Å². The maximum absolute atomic E-state index is 4.44. The summed E-state index contributed by atoms with van der Waals surface area (Å²) in [6.45, 7) is 8.34. The highest BCUT2D eigenvalue weighted by Gasteiger charge is 2.15. The molecule has 0 aromatic carbocycles. The van der Waals surface area contributed by atoms with Crippen molar-refractivity contribution in [2.45, 2.75) is 45.7 Å². The van der Waals surface area contributed by atoms with Crippen LogP contribution >= 0.6 is 0 Å². The van der Waals surface area contributed by atoms with Crippen LogP contribution in [0, 0.1) is 6.92 Å². The van der Waals surface area contributed by atoms with Crippen molar-refractivity contribution in [2.75, 3.05) is 23.7 Å². The third-order valence-corrected chi connectivity index (χ3v) is 3.26. The molecule has 3 N–H and O–H groups in total. The van der Waals surface area contributed by atoms with E-state index in [0.717, 1.165) is 43.4 Å². The Morgan fingerprint density at radius 3 is 2.89 bits per heavy atom. The summed E-state index contributed by atoms with van der Waals surface area (Å²) >= 11 is 0. The molecule has 100 valence electrons. The van der Waals surface area contributed by atoms with E-state index < -0.39 is 0 Å². The van der Waals surface area contributed by atoms with E-state index in [9.17, 15) is 0 Å². The van der Waals surface area contributed by atoms with Crippen molar-refractivity contribution in [3.8, 4) is 0 Å². The average Bonchev–Trinajstić information content (AvgIpc) is 2.80. The van der Waals surface area contributed by atoms with Gasteiger partial charge in [0.2, 0.25) is 0 Å². The number of aromatic nitrogens is 2. The normalized spacial score (nSPS) is 20.7. The summed E-state index contributed by atoms with van der Waals surface area (Å²) in [6.07, 6.45) is 2.23. The van der Waals surface area contributed by atoms with E-state index in [4.69, 9.17) is 0 Å². The van der Waals surface area contributed by atoms with Gasteiger partial charge in [-0.25, -0.2) is 9.97 Å². The lowest BCUT2D eigenvalue weighted by molar-refractivity contribution is 0.755. The molecule has 0 radical (unpaired) electrons. The van der Waals surface area contributed by atoms with Crippen LogP contribution in [0.15, 0.2) is 6.07 Å². The maximum atomic E-state index is 4.44. The third kappa shape index (κ3) is 3.57. The zero-order valence-electron chi connectivity index (χ0n) is 11.5. The first kappa shape index (κ1) is 13.1. The fraction of sp³-hybridized carbons (Fsp3) is 0.692. The molecule has 2 rings (SSSR count). The summed E-state index contributed by atoms with van der Waals surface area (Å²) in [5.41, 5.74) is 0. The third-order valence-electron chi connectivity index (χ3n) is 3.26. The Hall–Kier alpha value is -1.36. The van der Waals surface area contributed by atoms with E-state index in [1.54, 1.807) is 0 Å². The Labute approximate surface area is 109 Å². The molecule has 0 saturated carbocycles. The van der Waals surface area contributed by atoms with Gasteiger partial charge < -0.3 is 16.0 Å². The standard InChI is InChI=1S/C13H23N5/c1-4-9(2)15-12-7-13(17-10(3)16-12)18-11-5-6-14-8-11/h7,9,11,14H,4-6,8H2,1-3H3,(H2,15,16,17,18). The largest absolute Gasteiger partial charge is 0.367 e. The molecule has 1 aliphatic rings. The van der Waals surface area contributed by atoms with Crippen LogP contribution in [0.5, 0.6) is 0 Å². The number of hydrogen-bond acceptors (Lipinski definition) is 5. The fourth-order valence-corrected chi connectivity index (χ4v) is 2.06. The van der Waals surface area contributed by atoms with Gasteiger partial charge in [0.1, 0.15) is 17.5 Å². The highest BCUT2D eigenvalue weighted by atomic mass is 15.1. The van der Waals surface area contributed by atoms with Crippen molar-refractivity contribution in [3.63, 3.8) is 0 Å². The first-order chi connectivity index (χ1) is 8.67. The van der Waals surface area contributed by atoms with Gasteiger partial charge >= 0.3 is 0 Å². The van der Waals surface area contributed by atoms with E-state index in [-0.39, 0.29) is 0 Å². The van der Waals surface area contributed by atoms with Crippen LogP contribution in [0.25, 0.3) is 0 Å². The van der Waals surface area contributed by atoms with Crippen molar-refractivity contribution in [1.29, 1.82) is 0 Å².